The normalized spacial score (nSPS) is 10.2. The van der Waals surface area contributed by atoms with Crippen molar-refractivity contribution < 1.29 is 0 Å². The molecule has 0 amide bonds. The van der Waals surface area contributed by atoms with Crippen molar-refractivity contribution in [1.29, 1.82) is 0 Å². The Kier molecular flexibility index (Phi) is 4.58. The molecular formula is C14H8Cl4. The van der Waals surface area contributed by atoms with Crippen molar-refractivity contribution in [2.75, 3.05) is 0 Å². The quantitative estimate of drug-likeness (QED) is 0.619. The summed E-state index contributed by atoms with van der Waals surface area (Å²) >= 11 is 24.2. The van der Waals surface area contributed by atoms with Crippen molar-refractivity contribution in [2.24, 2.45) is 0 Å². The van der Waals surface area contributed by atoms with Crippen LogP contribution in [0.3, 0.4) is 0 Å². The van der Waals surface area contributed by atoms with Gasteiger partial charge in [0.15, 0.2) is 0 Å². The van der Waals surface area contributed by atoms with E-state index in [2.05, 4.69) is 0 Å². The van der Waals surface area contributed by atoms with Crippen molar-refractivity contribution in [3.63, 3.8) is 0 Å². The fraction of sp³-hybridized carbons (Fsp3) is 0. The van der Waals surface area contributed by atoms with Gasteiger partial charge in [-0.2, -0.15) is 0 Å². The van der Waals surface area contributed by atoms with Crippen molar-refractivity contribution in [1.82, 2.24) is 0 Å². The van der Waals surface area contributed by atoms with E-state index in [4.69, 9.17) is 46.4 Å². The summed E-state index contributed by atoms with van der Waals surface area (Å²) in [5.74, 6) is 0. The smallest absolute Gasteiger partial charge is 0.0827 e. The first-order valence-electron chi connectivity index (χ1n) is 5.16. The van der Waals surface area contributed by atoms with Crippen LogP contribution in [0.1, 0.15) is 11.1 Å². The summed E-state index contributed by atoms with van der Waals surface area (Å²) in [4.78, 5) is 0. The second-order valence-electron chi connectivity index (χ2n) is 3.60. The standard InChI is InChI=1S/C14H8Cl4/c15-11-8-4-7-10(13(11)16)12(14(17)18)9-5-2-1-3-6-9/h1-8H. The minimum atomic E-state index is 0.158. The Morgan fingerprint density at radius 3 is 2.06 bits per heavy atom. The van der Waals surface area contributed by atoms with E-state index in [1.807, 2.05) is 42.5 Å². The van der Waals surface area contributed by atoms with E-state index in [1.165, 1.54) is 0 Å². The number of benzene rings is 2. The first-order chi connectivity index (χ1) is 8.61. The molecule has 2 aromatic rings. The molecule has 2 aromatic carbocycles. The highest BCUT2D eigenvalue weighted by Gasteiger charge is 2.14. The lowest BCUT2D eigenvalue weighted by molar-refractivity contribution is 1.55. The van der Waals surface area contributed by atoms with Gasteiger partial charge in [-0.3, -0.25) is 0 Å². The lowest BCUT2D eigenvalue weighted by atomic mass is 9.99. The van der Waals surface area contributed by atoms with Crippen LogP contribution in [0.2, 0.25) is 10.0 Å². The second-order valence-corrected chi connectivity index (χ2v) is 5.34. The van der Waals surface area contributed by atoms with Gasteiger partial charge in [0, 0.05) is 11.1 Å². The van der Waals surface area contributed by atoms with Crippen LogP contribution in [0.5, 0.6) is 0 Å². The fourth-order valence-electron chi connectivity index (χ4n) is 1.67. The van der Waals surface area contributed by atoms with Crippen LogP contribution in [0.25, 0.3) is 5.57 Å². The van der Waals surface area contributed by atoms with Crippen molar-refractivity contribution in [3.8, 4) is 0 Å². The van der Waals surface area contributed by atoms with Crippen LogP contribution in [0, 0.1) is 0 Å². The average molecular weight is 318 g/mol. The van der Waals surface area contributed by atoms with Crippen LogP contribution in [0.4, 0.5) is 0 Å². The maximum Gasteiger partial charge on any atom is 0.115 e. The molecule has 92 valence electrons. The highest BCUT2D eigenvalue weighted by atomic mass is 35.5. The molecule has 0 radical (unpaired) electrons. The third-order valence-electron chi connectivity index (χ3n) is 2.47. The third kappa shape index (κ3) is 2.84. The molecule has 0 aromatic heterocycles. The summed E-state index contributed by atoms with van der Waals surface area (Å²) in [6, 6.07) is 14.9. The molecule has 0 fully saturated rings. The Bertz CT molecular complexity index is 584. The van der Waals surface area contributed by atoms with E-state index in [9.17, 15) is 0 Å². The summed E-state index contributed by atoms with van der Waals surface area (Å²) in [7, 11) is 0. The van der Waals surface area contributed by atoms with Gasteiger partial charge in [-0.15, -0.1) is 0 Å². The zero-order valence-electron chi connectivity index (χ0n) is 9.13. The molecule has 0 aliphatic carbocycles. The van der Waals surface area contributed by atoms with E-state index in [1.54, 1.807) is 6.07 Å². The third-order valence-corrected chi connectivity index (χ3v) is 3.67. The molecule has 0 saturated heterocycles. The Morgan fingerprint density at radius 1 is 0.778 bits per heavy atom. The molecule has 0 atom stereocenters. The largest absolute Gasteiger partial charge is 0.115 e. The van der Waals surface area contributed by atoms with E-state index >= 15 is 0 Å². The predicted octanol–water partition coefficient (Wildman–Crippen LogP) is 6.19. The molecule has 0 bridgehead atoms. The molecule has 18 heavy (non-hydrogen) atoms. The van der Waals surface area contributed by atoms with Gasteiger partial charge in [0.1, 0.15) is 4.49 Å². The first-order valence-corrected chi connectivity index (χ1v) is 6.67. The topological polar surface area (TPSA) is 0 Å². The second kappa shape index (κ2) is 5.99. The predicted molar refractivity (Wildman–Crippen MR) is 80.6 cm³/mol. The van der Waals surface area contributed by atoms with E-state index < -0.39 is 0 Å². The van der Waals surface area contributed by atoms with E-state index in [0.717, 1.165) is 11.1 Å². The number of halogens is 4. The van der Waals surface area contributed by atoms with Gasteiger partial charge in [-0.1, -0.05) is 88.9 Å². The van der Waals surface area contributed by atoms with Gasteiger partial charge in [-0.25, -0.2) is 0 Å². The molecule has 0 nitrogen and oxygen atoms in total. The van der Waals surface area contributed by atoms with Gasteiger partial charge in [-0.05, 0) is 11.6 Å². The highest BCUT2D eigenvalue weighted by molar-refractivity contribution is 6.59. The van der Waals surface area contributed by atoms with Crippen molar-refractivity contribution >= 4 is 52.0 Å². The molecular weight excluding hydrogens is 310 g/mol. The van der Waals surface area contributed by atoms with Crippen molar-refractivity contribution in [2.45, 2.75) is 0 Å². The minimum Gasteiger partial charge on any atom is -0.0827 e. The molecule has 0 saturated carbocycles. The van der Waals surface area contributed by atoms with Crippen LogP contribution in [0.15, 0.2) is 53.0 Å². The van der Waals surface area contributed by atoms with Gasteiger partial charge in [0.2, 0.25) is 0 Å². The fourth-order valence-corrected chi connectivity index (χ4v) is 2.48. The Balaban J connectivity index is 2.65. The van der Waals surface area contributed by atoms with Crippen LogP contribution < -0.4 is 0 Å². The zero-order chi connectivity index (χ0) is 13.1. The lowest BCUT2D eigenvalue weighted by Crippen LogP contribution is -1.90. The maximum absolute atomic E-state index is 6.20. The highest BCUT2D eigenvalue weighted by Crippen LogP contribution is 2.37. The summed E-state index contributed by atoms with van der Waals surface area (Å²) in [5.41, 5.74) is 2.28. The number of rotatable bonds is 2. The van der Waals surface area contributed by atoms with Crippen LogP contribution >= 0.6 is 46.4 Å². The zero-order valence-corrected chi connectivity index (χ0v) is 12.2. The molecule has 0 unspecified atom stereocenters. The monoisotopic (exact) mass is 316 g/mol. The van der Waals surface area contributed by atoms with Gasteiger partial charge in [0.05, 0.1) is 10.0 Å². The average Bonchev–Trinajstić information content (AvgIpc) is 2.36. The lowest BCUT2D eigenvalue weighted by Gasteiger charge is -2.11. The summed E-state index contributed by atoms with van der Waals surface area (Å²) in [6.07, 6.45) is 0. The minimum absolute atomic E-state index is 0.158. The molecule has 0 N–H and O–H groups in total. The number of hydrogen-bond donors (Lipinski definition) is 0. The summed E-state index contributed by atoms with van der Waals surface area (Å²) in [6.45, 7) is 0. The van der Waals surface area contributed by atoms with E-state index in [-0.39, 0.29) is 4.49 Å². The molecule has 2 rings (SSSR count). The molecule has 0 spiro atoms. The Hall–Kier alpha value is -0.660. The first kappa shape index (κ1) is 13.8. The SMILES string of the molecule is ClC(Cl)=C(c1ccccc1)c1cccc(Cl)c1Cl. The van der Waals surface area contributed by atoms with Gasteiger partial charge in [0.25, 0.3) is 0 Å². The van der Waals surface area contributed by atoms with Gasteiger partial charge < -0.3 is 0 Å². The van der Waals surface area contributed by atoms with E-state index in [0.29, 0.717) is 15.6 Å². The molecule has 0 heterocycles. The number of hydrogen-bond acceptors (Lipinski definition) is 0. The summed E-state index contributed by atoms with van der Waals surface area (Å²) < 4.78 is 0.158. The Labute approximate surface area is 126 Å². The Morgan fingerprint density at radius 2 is 1.44 bits per heavy atom. The van der Waals surface area contributed by atoms with Gasteiger partial charge >= 0.3 is 0 Å². The van der Waals surface area contributed by atoms with Crippen molar-refractivity contribution in [3.05, 3.63) is 74.2 Å². The molecule has 0 aliphatic heterocycles. The summed E-state index contributed by atoms with van der Waals surface area (Å²) in [5, 5.41) is 0.911. The molecule has 4 heteroatoms. The van der Waals surface area contributed by atoms with Crippen LogP contribution in [-0.4, -0.2) is 0 Å². The molecule has 0 aliphatic rings. The van der Waals surface area contributed by atoms with Crippen LogP contribution in [-0.2, 0) is 0 Å². The maximum atomic E-state index is 6.20.